The summed E-state index contributed by atoms with van der Waals surface area (Å²) >= 11 is 0. The second-order valence-corrected chi connectivity index (χ2v) is 8.50. The molecule has 0 amide bonds. The molecule has 4 fully saturated rings. The molecule has 4 rings (SSSR count). The van der Waals surface area contributed by atoms with Crippen LogP contribution < -0.4 is 0 Å². The molecule has 0 atom stereocenters. The smallest absolute Gasteiger partial charge is 0.333 e. The normalized spacial score (nSPS) is 35.6. The van der Waals surface area contributed by atoms with Crippen LogP contribution in [0.4, 0.5) is 0 Å². The van der Waals surface area contributed by atoms with Crippen LogP contribution in [0.1, 0.15) is 77.6 Å². The van der Waals surface area contributed by atoms with Crippen LogP contribution in [0.2, 0.25) is 0 Å². The Morgan fingerprint density at radius 2 is 1.55 bits per heavy atom. The Kier molecular flexibility index (Phi) is 4.94. The topological polar surface area (TPSA) is 26.3 Å². The van der Waals surface area contributed by atoms with Crippen molar-refractivity contribution in [3.05, 3.63) is 12.2 Å². The molecule has 0 aromatic rings. The summed E-state index contributed by atoms with van der Waals surface area (Å²) < 4.78 is 5.15. The molecule has 4 aliphatic carbocycles. The summed E-state index contributed by atoms with van der Waals surface area (Å²) in [6, 6.07) is 0. The van der Waals surface area contributed by atoms with Crippen LogP contribution in [0.15, 0.2) is 12.2 Å². The molecule has 0 N–H and O–H groups in total. The molecule has 0 unspecified atom stereocenters. The van der Waals surface area contributed by atoms with E-state index in [1.165, 1.54) is 44.9 Å². The number of rotatable bonds is 8. The van der Waals surface area contributed by atoms with Gasteiger partial charge in [0.05, 0.1) is 6.61 Å². The first kappa shape index (κ1) is 16.1. The standard InChI is InChI=1S/C20H32O2/c1-15(2)19(21)22-8-6-4-3-5-7-20-12-16-9-17(13-20)11-18(10-16)14-20/h16-18H,1,3-14H2,2H3. The van der Waals surface area contributed by atoms with Crippen molar-refractivity contribution in [3.8, 4) is 0 Å². The van der Waals surface area contributed by atoms with Crippen molar-refractivity contribution in [3.63, 3.8) is 0 Å². The molecular formula is C20H32O2. The molecule has 0 aliphatic heterocycles. The summed E-state index contributed by atoms with van der Waals surface area (Å²) in [5.41, 5.74) is 1.24. The number of ether oxygens (including phenoxy) is 1. The number of esters is 1. The van der Waals surface area contributed by atoms with Gasteiger partial charge in [0, 0.05) is 5.57 Å². The summed E-state index contributed by atoms with van der Waals surface area (Å²) in [5.74, 6) is 2.99. The van der Waals surface area contributed by atoms with Crippen LogP contribution in [0.5, 0.6) is 0 Å². The molecule has 0 aromatic heterocycles. The number of carbonyl (C=O) groups is 1. The quantitative estimate of drug-likeness (QED) is 0.347. The number of carbonyl (C=O) groups excluding carboxylic acids is 1. The van der Waals surface area contributed by atoms with Gasteiger partial charge in [-0.15, -0.1) is 0 Å². The van der Waals surface area contributed by atoms with E-state index in [2.05, 4.69) is 6.58 Å². The van der Waals surface area contributed by atoms with Crippen LogP contribution in [0, 0.1) is 23.2 Å². The van der Waals surface area contributed by atoms with Crippen LogP contribution in [0.3, 0.4) is 0 Å². The molecule has 4 bridgehead atoms. The van der Waals surface area contributed by atoms with Crippen molar-refractivity contribution < 1.29 is 9.53 Å². The van der Waals surface area contributed by atoms with Gasteiger partial charge >= 0.3 is 5.97 Å². The lowest BCUT2D eigenvalue weighted by Crippen LogP contribution is -2.45. The zero-order chi connectivity index (χ0) is 15.6. The van der Waals surface area contributed by atoms with Gasteiger partial charge in [-0.05, 0) is 81.5 Å². The highest BCUT2D eigenvalue weighted by atomic mass is 16.5. The molecule has 0 aromatic carbocycles. The van der Waals surface area contributed by atoms with Crippen molar-refractivity contribution in [2.45, 2.75) is 77.6 Å². The van der Waals surface area contributed by atoms with E-state index in [1.54, 1.807) is 26.2 Å². The average molecular weight is 304 g/mol. The lowest BCUT2D eigenvalue weighted by atomic mass is 9.48. The van der Waals surface area contributed by atoms with Crippen molar-refractivity contribution in [2.24, 2.45) is 23.2 Å². The van der Waals surface area contributed by atoms with Crippen LogP contribution in [0.25, 0.3) is 0 Å². The second kappa shape index (κ2) is 6.76. The first-order valence-corrected chi connectivity index (χ1v) is 9.39. The Labute approximate surface area is 135 Å². The van der Waals surface area contributed by atoms with Crippen molar-refractivity contribution in [2.75, 3.05) is 6.61 Å². The average Bonchev–Trinajstić information content (AvgIpc) is 2.44. The Morgan fingerprint density at radius 1 is 1.00 bits per heavy atom. The predicted octanol–water partition coefficient (Wildman–Crippen LogP) is 5.27. The summed E-state index contributed by atoms with van der Waals surface area (Å²) in [6.45, 7) is 5.86. The Bertz CT molecular complexity index is 388. The summed E-state index contributed by atoms with van der Waals surface area (Å²) in [6.07, 6.45) is 15.6. The highest BCUT2D eigenvalue weighted by Gasteiger charge is 2.50. The molecule has 0 radical (unpaired) electrons. The molecule has 124 valence electrons. The van der Waals surface area contributed by atoms with Crippen LogP contribution >= 0.6 is 0 Å². The Morgan fingerprint density at radius 3 is 2.09 bits per heavy atom. The molecule has 2 heteroatoms. The zero-order valence-electron chi connectivity index (χ0n) is 14.2. The Hall–Kier alpha value is -0.790. The number of hydrogen-bond acceptors (Lipinski definition) is 2. The van der Waals surface area contributed by atoms with Gasteiger partial charge in [-0.2, -0.15) is 0 Å². The third-order valence-electron chi connectivity index (χ3n) is 6.35. The fourth-order valence-corrected chi connectivity index (χ4v) is 5.84. The van der Waals surface area contributed by atoms with Crippen LogP contribution in [-0.4, -0.2) is 12.6 Å². The summed E-state index contributed by atoms with van der Waals surface area (Å²) in [5, 5.41) is 0. The molecule has 0 saturated heterocycles. The fourth-order valence-electron chi connectivity index (χ4n) is 5.84. The molecule has 0 heterocycles. The van der Waals surface area contributed by atoms with E-state index in [4.69, 9.17) is 4.74 Å². The highest BCUT2D eigenvalue weighted by molar-refractivity contribution is 5.86. The summed E-state index contributed by atoms with van der Waals surface area (Å²) in [4.78, 5) is 11.3. The first-order valence-electron chi connectivity index (χ1n) is 9.39. The van der Waals surface area contributed by atoms with Gasteiger partial charge in [0.1, 0.15) is 0 Å². The number of unbranched alkanes of at least 4 members (excludes halogenated alkanes) is 3. The maximum atomic E-state index is 11.3. The monoisotopic (exact) mass is 304 g/mol. The van der Waals surface area contributed by atoms with E-state index in [1.807, 2.05) is 0 Å². The highest BCUT2D eigenvalue weighted by Crippen LogP contribution is 2.61. The lowest BCUT2D eigenvalue weighted by molar-refractivity contribution is -0.139. The largest absolute Gasteiger partial charge is 0.462 e. The third-order valence-corrected chi connectivity index (χ3v) is 6.35. The van der Waals surface area contributed by atoms with Gasteiger partial charge in [0.25, 0.3) is 0 Å². The van der Waals surface area contributed by atoms with Gasteiger partial charge in [-0.25, -0.2) is 4.79 Å². The maximum absolute atomic E-state index is 11.3. The van der Waals surface area contributed by atoms with E-state index in [0.717, 1.165) is 29.6 Å². The number of hydrogen-bond donors (Lipinski definition) is 0. The van der Waals surface area contributed by atoms with E-state index >= 15 is 0 Å². The molecular weight excluding hydrogens is 272 g/mol. The molecule has 22 heavy (non-hydrogen) atoms. The minimum Gasteiger partial charge on any atom is -0.462 e. The van der Waals surface area contributed by atoms with E-state index in [-0.39, 0.29) is 5.97 Å². The van der Waals surface area contributed by atoms with Crippen molar-refractivity contribution in [1.82, 2.24) is 0 Å². The Balaban J connectivity index is 1.29. The summed E-state index contributed by atoms with van der Waals surface area (Å²) in [7, 11) is 0. The zero-order valence-corrected chi connectivity index (χ0v) is 14.2. The van der Waals surface area contributed by atoms with Crippen molar-refractivity contribution >= 4 is 5.97 Å². The van der Waals surface area contributed by atoms with E-state index in [9.17, 15) is 4.79 Å². The fraction of sp³-hybridized carbons (Fsp3) is 0.850. The second-order valence-electron chi connectivity index (χ2n) is 8.50. The molecule has 2 nitrogen and oxygen atoms in total. The van der Waals surface area contributed by atoms with Gasteiger partial charge in [-0.1, -0.05) is 25.8 Å². The first-order chi connectivity index (χ1) is 10.6. The SMILES string of the molecule is C=C(C)C(=O)OCCCCCCC12CC3CC(CC(C3)C1)C2. The van der Waals surface area contributed by atoms with Crippen LogP contribution in [-0.2, 0) is 9.53 Å². The maximum Gasteiger partial charge on any atom is 0.333 e. The minimum absolute atomic E-state index is 0.242. The third kappa shape index (κ3) is 3.75. The van der Waals surface area contributed by atoms with Gasteiger partial charge in [-0.3, -0.25) is 0 Å². The van der Waals surface area contributed by atoms with Gasteiger partial charge in [0.2, 0.25) is 0 Å². The molecule has 4 aliphatic rings. The lowest BCUT2D eigenvalue weighted by Gasteiger charge is -2.57. The van der Waals surface area contributed by atoms with Gasteiger partial charge in [0.15, 0.2) is 0 Å². The van der Waals surface area contributed by atoms with Gasteiger partial charge < -0.3 is 4.74 Å². The van der Waals surface area contributed by atoms with E-state index in [0.29, 0.717) is 12.2 Å². The predicted molar refractivity (Wildman–Crippen MR) is 89.5 cm³/mol. The minimum atomic E-state index is -0.242. The molecule has 0 spiro atoms. The van der Waals surface area contributed by atoms with E-state index < -0.39 is 0 Å². The van der Waals surface area contributed by atoms with Crippen molar-refractivity contribution in [1.29, 1.82) is 0 Å². The molecule has 4 saturated carbocycles.